The van der Waals surface area contributed by atoms with Crippen LogP contribution >= 0.6 is 0 Å². The van der Waals surface area contributed by atoms with Crippen molar-refractivity contribution in [2.24, 2.45) is 11.8 Å². The van der Waals surface area contributed by atoms with Crippen LogP contribution in [0.4, 0.5) is 0 Å². The van der Waals surface area contributed by atoms with Gasteiger partial charge in [-0.1, -0.05) is 6.07 Å². The minimum absolute atomic E-state index is 0.0152. The number of amides is 2. The maximum atomic E-state index is 12.8. The van der Waals surface area contributed by atoms with Crippen LogP contribution in [0.3, 0.4) is 0 Å². The number of nitrogens with one attached hydrogen (secondary N) is 1. The Balaban J connectivity index is 1.37. The fourth-order valence-corrected chi connectivity index (χ4v) is 3.80. The molecule has 138 valence electrons. The van der Waals surface area contributed by atoms with Gasteiger partial charge in [-0.15, -0.1) is 0 Å². The van der Waals surface area contributed by atoms with Crippen LogP contribution in [-0.2, 0) is 4.74 Å². The van der Waals surface area contributed by atoms with Crippen molar-refractivity contribution in [3.63, 3.8) is 0 Å². The van der Waals surface area contributed by atoms with E-state index < -0.39 is 0 Å². The first kappa shape index (κ1) is 17.3. The highest BCUT2D eigenvalue weighted by Gasteiger charge is 2.45. The van der Waals surface area contributed by atoms with Gasteiger partial charge >= 0.3 is 0 Å². The van der Waals surface area contributed by atoms with Crippen molar-refractivity contribution in [1.29, 1.82) is 5.26 Å². The molecule has 2 aliphatic heterocycles. The molecule has 0 saturated carbocycles. The molecule has 0 unspecified atom stereocenters. The molecule has 2 amide bonds. The smallest absolute Gasteiger partial charge is 0.286 e. The van der Waals surface area contributed by atoms with Crippen molar-refractivity contribution < 1.29 is 18.7 Å². The highest BCUT2D eigenvalue weighted by molar-refractivity contribution is 5.94. The van der Waals surface area contributed by atoms with Gasteiger partial charge in [-0.05, 0) is 30.3 Å². The normalized spacial score (nSPS) is 23.7. The van der Waals surface area contributed by atoms with E-state index in [2.05, 4.69) is 11.4 Å². The number of rotatable bonds is 4. The van der Waals surface area contributed by atoms with E-state index in [4.69, 9.17) is 14.4 Å². The van der Waals surface area contributed by atoms with E-state index in [-0.39, 0.29) is 35.5 Å². The predicted octanol–water partition coefficient (Wildman–Crippen LogP) is 1.67. The zero-order valence-corrected chi connectivity index (χ0v) is 14.6. The number of carbonyl (C=O) groups excluding carboxylic acids is 2. The number of likely N-dealkylation sites (tertiary alicyclic amines) is 1. The molecule has 0 bridgehead atoms. The number of carbonyl (C=O) groups is 2. The van der Waals surface area contributed by atoms with Gasteiger partial charge in [0.1, 0.15) is 0 Å². The Morgan fingerprint density at radius 2 is 2.15 bits per heavy atom. The monoisotopic (exact) mass is 365 g/mol. The summed E-state index contributed by atoms with van der Waals surface area (Å²) in [6, 6.07) is 12.1. The van der Waals surface area contributed by atoms with Crippen molar-refractivity contribution in [2.45, 2.75) is 6.10 Å². The third kappa shape index (κ3) is 3.44. The van der Waals surface area contributed by atoms with Crippen molar-refractivity contribution in [3.05, 3.63) is 59.5 Å². The van der Waals surface area contributed by atoms with Crippen LogP contribution in [0, 0.1) is 23.2 Å². The van der Waals surface area contributed by atoms with Crippen LogP contribution in [0.5, 0.6) is 0 Å². The van der Waals surface area contributed by atoms with Gasteiger partial charge in [-0.25, -0.2) is 0 Å². The maximum Gasteiger partial charge on any atom is 0.286 e. The Morgan fingerprint density at radius 3 is 2.93 bits per heavy atom. The fourth-order valence-electron chi connectivity index (χ4n) is 3.80. The molecule has 1 N–H and O–H groups in total. The molecule has 4 rings (SSSR count). The van der Waals surface area contributed by atoms with Crippen LogP contribution in [0.15, 0.2) is 47.1 Å². The van der Waals surface area contributed by atoms with Gasteiger partial charge < -0.3 is 19.4 Å². The number of nitriles is 1. The molecular formula is C20H19N3O4. The lowest BCUT2D eigenvalue weighted by Crippen LogP contribution is -2.35. The molecule has 3 atom stereocenters. The molecule has 7 nitrogen and oxygen atoms in total. The SMILES string of the molecule is N#Cc1cccc(C(=O)N2C[C@@H]3[C@@H](CNC(=O)c4ccco4)CO[C@@H]3C2)c1. The molecule has 3 heterocycles. The van der Waals surface area contributed by atoms with Crippen molar-refractivity contribution >= 4 is 11.8 Å². The third-order valence-electron chi connectivity index (χ3n) is 5.23. The van der Waals surface area contributed by atoms with Gasteiger partial charge in [0, 0.05) is 37.0 Å². The minimum atomic E-state index is -0.248. The Kier molecular flexibility index (Phi) is 4.65. The van der Waals surface area contributed by atoms with E-state index >= 15 is 0 Å². The summed E-state index contributed by atoms with van der Waals surface area (Å²) >= 11 is 0. The zero-order chi connectivity index (χ0) is 18.8. The summed E-state index contributed by atoms with van der Waals surface area (Å²) in [7, 11) is 0. The van der Waals surface area contributed by atoms with Crippen LogP contribution in [0.1, 0.15) is 26.5 Å². The maximum absolute atomic E-state index is 12.8. The van der Waals surface area contributed by atoms with Crippen molar-refractivity contribution in [1.82, 2.24) is 10.2 Å². The van der Waals surface area contributed by atoms with Gasteiger partial charge in [0.15, 0.2) is 5.76 Å². The second kappa shape index (κ2) is 7.25. The molecule has 2 fully saturated rings. The van der Waals surface area contributed by atoms with Crippen LogP contribution < -0.4 is 5.32 Å². The Morgan fingerprint density at radius 1 is 1.26 bits per heavy atom. The van der Waals surface area contributed by atoms with E-state index in [1.807, 2.05) is 0 Å². The summed E-state index contributed by atoms with van der Waals surface area (Å²) in [4.78, 5) is 26.6. The predicted molar refractivity (Wildman–Crippen MR) is 94.8 cm³/mol. The Labute approximate surface area is 156 Å². The second-order valence-corrected chi connectivity index (χ2v) is 6.89. The summed E-state index contributed by atoms with van der Waals surface area (Å²) in [5.41, 5.74) is 0.978. The average Bonchev–Trinajstić information content (AvgIpc) is 3.43. The molecule has 0 aliphatic carbocycles. The van der Waals surface area contributed by atoms with Gasteiger partial charge in [0.2, 0.25) is 0 Å². The van der Waals surface area contributed by atoms with E-state index in [1.54, 1.807) is 41.3 Å². The molecule has 7 heteroatoms. The van der Waals surface area contributed by atoms with E-state index in [0.29, 0.717) is 37.4 Å². The summed E-state index contributed by atoms with van der Waals surface area (Å²) in [6.07, 6.45) is 1.45. The number of benzene rings is 1. The number of ether oxygens (including phenoxy) is 1. The van der Waals surface area contributed by atoms with Gasteiger partial charge in [-0.3, -0.25) is 9.59 Å². The topological polar surface area (TPSA) is 95.6 Å². The summed E-state index contributed by atoms with van der Waals surface area (Å²) in [5.74, 6) is 0.277. The Hall–Kier alpha value is -3.11. The first-order valence-corrected chi connectivity index (χ1v) is 8.88. The fraction of sp³-hybridized carbons (Fsp3) is 0.350. The first-order chi connectivity index (χ1) is 13.2. The molecule has 0 radical (unpaired) electrons. The molecule has 1 aromatic heterocycles. The number of fused-ring (bicyclic) bond motifs is 1. The average molecular weight is 365 g/mol. The van der Waals surface area contributed by atoms with Crippen molar-refractivity contribution in [3.8, 4) is 6.07 Å². The highest BCUT2D eigenvalue weighted by Crippen LogP contribution is 2.34. The lowest BCUT2D eigenvalue weighted by Gasteiger charge is -2.20. The number of hydrogen-bond donors (Lipinski definition) is 1. The van der Waals surface area contributed by atoms with Crippen LogP contribution in [0.25, 0.3) is 0 Å². The Bertz CT molecular complexity index is 887. The largest absolute Gasteiger partial charge is 0.459 e. The third-order valence-corrected chi connectivity index (χ3v) is 5.23. The number of hydrogen-bond acceptors (Lipinski definition) is 5. The van der Waals surface area contributed by atoms with E-state index in [9.17, 15) is 9.59 Å². The number of furan rings is 1. The highest BCUT2D eigenvalue weighted by atomic mass is 16.5. The summed E-state index contributed by atoms with van der Waals surface area (Å²) < 4.78 is 10.9. The molecular weight excluding hydrogens is 346 g/mol. The van der Waals surface area contributed by atoms with E-state index in [1.165, 1.54) is 6.26 Å². The van der Waals surface area contributed by atoms with Gasteiger partial charge in [-0.2, -0.15) is 5.26 Å². The lowest BCUT2D eigenvalue weighted by molar-refractivity contribution is 0.0674. The minimum Gasteiger partial charge on any atom is -0.459 e. The molecule has 2 saturated heterocycles. The summed E-state index contributed by atoms with van der Waals surface area (Å²) in [6.45, 7) is 2.16. The van der Waals surface area contributed by atoms with E-state index in [0.717, 1.165) is 0 Å². The number of nitrogens with zero attached hydrogens (tertiary/aromatic N) is 2. The molecule has 2 aromatic rings. The zero-order valence-electron chi connectivity index (χ0n) is 14.6. The molecule has 1 aromatic carbocycles. The van der Waals surface area contributed by atoms with Gasteiger partial charge in [0.05, 0.1) is 30.6 Å². The quantitative estimate of drug-likeness (QED) is 0.889. The molecule has 2 aliphatic rings. The van der Waals surface area contributed by atoms with Crippen molar-refractivity contribution in [2.75, 3.05) is 26.2 Å². The standard InChI is InChI=1S/C20H19N3O4/c21-8-13-3-1-4-14(7-13)20(25)23-10-16-15(12-27-18(16)11-23)9-22-19(24)17-5-2-6-26-17/h1-7,15-16,18H,9-12H2,(H,22,24)/t15-,16+,18+/m0/s1. The van der Waals surface area contributed by atoms with Crippen LogP contribution in [-0.4, -0.2) is 49.1 Å². The summed E-state index contributed by atoms with van der Waals surface area (Å²) in [5, 5.41) is 11.9. The lowest BCUT2D eigenvalue weighted by atomic mass is 9.93. The molecule has 0 spiro atoms. The first-order valence-electron chi connectivity index (χ1n) is 8.88. The second-order valence-electron chi connectivity index (χ2n) is 6.89. The molecule has 27 heavy (non-hydrogen) atoms. The van der Waals surface area contributed by atoms with Crippen LogP contribution in [0.2, 0.25) is 0 Å². The van der Waals surface area contributed by atoms with Gasteiger partial charge in [0.25, 0.3) is 11.8 Å².